The largest absolute Gasteiger partial charge is 0.405 e. The molecule has 0 bridgehead atoms. The second-order valence-electron chi connectivity index (χ2n) is 9.74. The van der Waals surface area contributed by atoms with Gasteiger partial charge in [0.1, 0.15) is 12.0 Å². The molecule has 6 nitrogen and oxygen atoms in total. The minimum Gasteiger partial charge on any atom is -0.346 e. The maximum absolute atomic E-state index is 13.6. The molecule has 1 heterocycles. The number of carbonyl (C=O) groups is 2. The number of benzene rings is 3. The minimum absolute atomic E-state index is 0. The number of aryl methyl sites for hydroxylation is 1. The molecular weight excluding hydrogens is 553 g/mol. The van der Waals surface area contributed by atoms with Gasteiger partial charge in [-0.25, -0.2) is 9.97 Å². The van der Waals surface area contributed by atoms with E-state index in [0.717, 1.165) is 27.8 Å². The van der Waals surface area contributed by atoms with Crippen LogP contribution in [-0.4, -0.2) is 34.5 Å². The molecule has 4 aromatic rings. The van der Waals surface area contributed by atoms with Crippen LogP contribution < -0.4 is 10.6 Å². The van der Waals surface area contributed by atoms with E-state index in [9.17, 15) is 22.8 Å². The van der Waals surface area contributed by atoms with Crippen LogP contribution >= 0.6 is 12.4 Å². The standard InChI is InChI=1S/C31H27F3N4O2.ClH/c32-31(33,34)20-37-28(40)30(25-15-6-4-13-23(25)24-14-5-7-16-26(24)30)17-9-8-10-21-18-35-29(36-19-21)38-27(39)22-11-2-1-3-12-22;/h1-7,11-16,18-19H,8-10,17,20H2,(H,37,40)(H,35,36,38,39);1H. The molecule has 10 heteroatoms. The number of nitrogens with one attached hydrogen (secondary N) is 2. The zero-order valence-electron chi connectivity index (χ0n) is 21.9. The summed E-state index contributed by atoms with van der Waals surface area (Å²) in [7, 11) is 0. The van der Waals surface area contributed by atoms with Gasteiger partial charge in [0.2, 0.25) is 11.9 Å². The average molecular weight is 581 g/mol. The number of rotatable bonds is 9. The fourth-order valence-electron chi connectivity index (χ4n) is 5.32. The van der Waals surface area contributed by atoms with Crippen LogP contribution in [0.25, 0.3) is 11.1 Å². The van der Waals surface area contributed by atoms with Crippen molar-refractivity contribution < 1.29 is 22.8 Å². The Hall–Kier alpha value is -4.24. The molecule has 2 N–H and O–H groups in total. The number of carbonyl (C=O) groups excluding carboxylic acids is 2. The second-order valence-corrected chi connectivity index (χ2v) is 9.74. The van der Waals surface area contributed by atoms with Gasteiger partial charge in [-0.3, -0.25) is 14.9 Å². The first kappa shape index (κ1) is 29.7. The van der Waals surface area contributed by atoms with Gasteiger partial charge < -0.3 is 5.32 Å². The fourth-order valence-corrected chi connectivity index (χ4v) is 5.32. The first-order chi connectivity index (χ1) is 19.3. The predicted octanol–water partition coefficient (Wildman–Crippen LogP) is 6.51. The quantitative estimate of drug-likeness (QED) is 0.221. The Kier molecular flexibility index (Phi) is 9.08. The van der Waals surface area contributed by atoms with Gasteiger partial charge in [-0.05, 0) is 59.2 Å². The summed E-state index contributed by atoms with van der Waals surface area (Å²) in [6, 6.07) is 23.6. The average Bonchev–Trinajstić information content (AvgIpc) is 3.26. The van der Waals surface area contributed by atoms with Gasteiger partial charge >= 0.3 is 6.18 Å². The fraction of sp³-hybridized carbons (Fsp3) is 0.226. The number of anilines is 1. The molecule has 3 aromatic carbocycles. The van der Waals surface area contributed by atoms with Gasteiger partial charge in [-0.1, -0.05) is 73.2 Å². The smallest absolute Gasteiger partial charge is 0.346 e. The molecule has 0 aliphatic heterocycles. The van der Waals surface area contributed by atoms with Gasteiger partial charge in [-0.15, -0.1) is 12.4 Å². The molecule has 1 aromatic heterocycles. The molecule has 41 heavy (non-hydrogen) atoms. The molecule has 0 radical (unpaired) electrons. The van der Waals surface area contributed by atoms with E-state index >= 15 is 0 Å². The Morgan fingerprint density at radius 1 is 0.780 bits per heavy atom. The highest BCUT2D eigenvalue weighted by Gasteiger charge is 2.49. The summed E-state index contributed by atoms with van der Waals surface area (Å²) in [4.78, 5) is 34.3. The number of hydrogen-bond acceptors (Lipinski definition) is 4. The predicted molar refractivity (Wildman–Crippen MR) is 153 cm³/mol. The van der Waals surface area contributed by atoms with Gasteiger partial charge in [-0.2, -0.15) is 13.2 Å². The third-order valence-electron chi connectivity index (χ3n) is 7.13. The highest BCUT2D eigenvalue weighted by atomic mass is 35.5. The lowest BCUT2D eigenvalue weighted by molar-refractivity contribution is -0.141. The summed E-state index contributed by atoms with van der Waals surface area (Å²) in [5.41, 5.74) is 3.29. The number of unbranched alkanes of at least 4 members (excludes halogenated alkanes) is 1. The van der Waals surface area contributed by atoms with Crippen LogP contribution in [0.3, 0.4) is 0 Å². The molecule has 1 aliphatic carbocycles. The summed E-state index contributed by atoms with van der Waals surface area (Å²) >= 11 is 0. The van der Waals surface area contributed by atoms with Crippen molar-refractivity contribution in [1.29, 1.82) is 0 Å². The van der Waals surface area contributed by atoms with E-state index in [2.05, 4.69) is 20.6 Å². The van der Waals surface area contributed by atoms with Crippen LogP contribution in [-0.2, 0) is 16.6 Å². The van der Waals surface area contributed by atoms with E-state index in [-0.39, 0.29) is 24.3 Å². The van der Waals surface area contributed by atoms with Crippen molar-refractivity contribution in [3.63, 3.8) is 0 Å². The minimum atomic E-state index is -4.51. The number of amides is 2. The van der Waals surface area contributed by atoms with Gasteiger partial charge in [0.25, 0.3) is 5.91 Å². The molecule has 0 fully saturated rings. The van der Waals surface area contributed by atoms with Crippen LogP contribution in [0.2, 0.25) is 0 Å². The topological polar surface area (TPSA) is 84.0 Å². The summed E-state index contributed by atoms with van der Waals surface area (Å²) in [6.07, 6.45) is 0.958. The van der Waals surface area contributed by atoms with Crippen molar-refractivity contribution in [3.05, 3.63) is 114 Å². The van der Waals surface area contributed by atoms with Crippen molar-refractivity contribution in [1.82, 2.24) is 15.3 Å². The summed E-state index contributed by atoms with van der Waals surface area (Å²) in [5.74, 6) is -0.763. The van der Waals surface area contributed by atoms with Crippen LogP contribution in [0.15, 0.2) is 91.3 Å². The molecule has 2 amide bonds. The first-order valence-corrected chi connectivity index (χ1v) is 13.0. The number of halogens is 4. The molecule has 1 aliphatic rings. The zero-order chi connectivity index (χ0) is 28.2. The van der Waals surface area contributed by atoms with E-state index in [0.29, 0.717) is 31.2 Å². The first-order valence-electron chi connectivity index (χ1n) is 13.0. The van der Waals surface area contributed by atoms with E-state index in [1.54, 1.807) is 36.7 Å². The highest BCUT2D eigenvalue weighted by Crippen LogP contribution is 2.51. The molecule has 5 rings (SSSR count). The molecule has 0 saturated carbocycles. The summed E-state index contributed by atoms with van der Waals surface area (Å²) < 4.78 is 39.1. The second kappa shape index (κ2) is 12.5. The third-order valence-corrected chi connectivity index (χ3v) is 7.13. The number of nitrogens with zero attached hydrogens (tertiary/aromatic N) is 2. The molecule has 0 unspecified atom stereocenters. The van der Waals surface area contributed by atoms with Crippen LogP contribution in [0, 0.1) is 0 Å². The lowest BCUT2D eigenvalue weighted by atomic mass is 9.73. The van der Waals surface area contributed by atoms with Crippen LogP contribution in [0.1, 0.15) is 46.3 Å². The zero-order valence-corrected chi connectivity index (χ0v) is 22.8. The highest BCUT2D eigenvalue weighted by molar-refractivity contribution is 6.03. The third kappa shape index (κ3) is 6.41. The number of hydrogen-bond donors (Lipinski definition) is 2. The number of fused-ring (bicyclic) bond motifs is 3. The molecule has 0 spiro atoms. The monoisotopic (exact) mass is 580 g/mol. The van der Waals surface area contributed by atoms with Crippen LogP contribution in [0.5, 0.6) is 0 Å². The Bertz CT molecular complexity index is 1470. The van der Waals surface area contributed by atoms with Gasteiger partial charge in [0, 0.05) is 18.0 Å². The molecule has 0 saturated heterocycles. The van der Waals surface area contributed by atoms with Gasteiger partial charge in [0.05, 0.1) is 0 Å². The van der Waals surface area contributed by atoms with E-state index in [1.807, 2.05) is 54.6 Å². The Balaban J connectivity index is 0.00000387. The van der Waals surface area contributed by atoms with E-state index in [1.165, 1.54) is 0 Å². The van der Waals surface area contributed by atoms with Crippen molar-refractivity contribution in [2.45, 2.75) is 37.3 Å². The van der Waals surface area contributed by atoms with E-state index < -0.39 is 24.0 Å². The van der Waals surface area contributed by atoms with E-state index in [4.69, 9.17) is 0 Å². The maximum atomic E-state index is 13.6. The van der Waals surface area contributed by atoms with Crippen molar-refractivity contribution >= 4 is 30.2 Å². The normalized spacial score (nSPS) is 13.0. The molecule has 0 atom stereocenters. The lowest BCUT2D eigenvalue weighted by Crippen LogP contribution is -2.47. The Morgan fingerprint density at radius 3 is 1.93 bits per heavy atom. The van der Waals surface area contributed by atoms with Crippen molar-refractivity contribution in [3.8, 4) is 11.1 Å². The molecular formula is C31H28ClF3N4O2. The summed E-state index contributed by atoms with van der Waals surface area (Å²) in [5, 5.41) is 4.82. The Morgan fingerprint density at radius 2 is 1.34 bits per heavy atom. The molecule has 212 valence electrons. The lowest BCUT2D eigenvalue weighted by Gasteiger charge is -2.31. The number of alkyl halides is 3. The Labute approximate surface area is 241 Å². The summed E-state index contributed by atoms with van der Waals surface area (Å²) in [6.45, 7) is -1.39. The maximum Gasteiger partial charge on any atom is 0.405 e. The van der Waals surface area contributed by atoms with Crippen molar-refractivity contribution in [2.75, 3.05) is 11.9 Å². The SMILES string of the molecule is Cl.O=C(Nc1ncc(CCCCC2(C(=O)NCC(F)(F)F)c3ccccc3-c3ccccc32)cn1)c1ccccc1. The van der Waals surface area contributed by atoms with Crippen molar-refractivity contribution in [2.24, 2.45) is 0 Å². The number of aromatic nitrogens is 2. The van der Waals surface area contributed by atoms with Gasteiger partial charge in [0.15, 0.2) is 0 Å². The van der Waals surface area contributed by atoms with Crippen LogP contribution in [0.4, 0.5) is 19.1 Å².